The summed E-state index contributed by atoms with van der Waals surface area (Å²) in [6.07, 6.45) is 5.69. The maximum absolute atomic E-state index is 5.48. The molecule has 0 unspecified atom stereocenters. The van der Waals surface area contributed by atoms with Crippen molar-refractivity contribution in [1.82, 2.24) is 4.98 Å². The van der Waals surface area contributed by atoms with E-state index in [0.717, 1.165) is 11.3 Å². The third kappa shape index (κ3) is 2.72. The molecule has 1 aromatic rings. The van der Waals surface area contributed by atoms with E-state index >= 15 is 0 Å². The Morgan fingerprint density at radius 2 is 2.36 bits per heavy atom. The van der Waals surface area contributed by atoms with Crippen LogP contribution in [0, 0.1) is 6.92 Å². The van der Waals surface area contributed by atoms with Gasteiger partial charge in [0.2, 0.25) is 0 Å². The van der Waals surface area contributed by atoms with Gasteiger partial charge in [0.15, 0.2) is 0 Å². The first-order valence-electron chi connectivity index (χ1n) is 3.48. The molecule has 1 aromatic heterocycles. The Morgan fingerprint density at radius 1 is 1.55 bits per heavy atom. The van der Waals surface area contributed by atoms with Crippen LogP contribution in [0.1, 0.15) is 11.3 Å². The van der Waals surface area contributed by atoms with Crippen LogP contribution in [0.25, 0.3) is 6.08 Å². The number of halogens is 1. The minimum Gasteiger partial charge on any atom is -0.261 e. The molecule has 0 aromatic carbocycles. The van der Waals surface area contributed by atoms with Crippen LogP contribution in [-0.4, -0.2) is 10.9 Å². The summed E-state index contributed by atoms with van der Waals surface area (Å²) in [4.78, 5) is 4.14. The zero-order valence-corrected chi connectivity index (χ0v) is 7.17. The summed E-state index contributed by atoms with van der Waals surface area (Å²) in [6.45, 7) is 1.97. The van der Waals surface area contributed by atoms with E-state index in [1.54, 1.807) is 0 Å². The van der Waals surface area contributed by atoms with Gasteiger partial charge in [0, 0.05) is 17.8 Å². The molecule has 1 nitrogen and oxygen atoms in total. The second kappa shape index (κ2) is 4.14. The molecule has 0 aliphatic rings. The molecule has 1 heterocycles. The molecular formula is C9H10ClN. The maximum Gasteiger partial charge on any atom is 0.0407 e. The fraction of sp³-hybridized carbons (Fsp3) is 0.222. The molecule has 0 saturated carbocycles. The van der Waals surface area contributed by atoms with E-state index in [4.69, 9.17) is 11.6 Å². The van der Waals surface area contributed by atoms with Gasteiger partial charge in [-0.05, 0) is 18.6 Å². The molecular weight excluding hydrogens is 158 g/mol. The monoisotopic (exact) mass is 167 g/mol. The van der Waals surface area contributed by atoms with Gasteiger partial charge in [-0.25, -0.2) is 0 Å². The number of hydrogen-bond donors (Lipinski definition) is 0. The summed E-state index contributed by atoms with van der Waals surface area (Å²) in [5.41, 5.74) is 2.13. The summed E-state index contributed by atoms with van der Waals surface area (Å²) in [5, 5.41) is 0. The predicted molar refractivity (Wildman–Crippen MR) is 48.7 cm³/mol. The third-order valence-electron chi connectivity index (χ3n) is 1.33. The maximum atomic E-state index is 5.48. The Labute approximate surface area is 71.7 Å². The normalized spacial score (nSPS) is 10.7. The van der Waals surface area contributed by atoms with E-state index in [0.29, 0.717) is 5.88 Å². The van der Waals surface area contributed by atoms with Crippen LogP contribution in [0.5, 0.6) is 0 Å². The highest BCUT2D eigenvalue weighted by Gasteiger charge is 1.85. The van der Waals surface area contributed by atoms with Gasteiger partial charge < -0.3 is 0 Å². The number of pyridine rings is 1. The quantitative estimate of drug-likeness (QED) is 0.618. The molecule has 0 radical (unpaired) electrons. The molecule has 0 atom stereocenters. The van der Waals surface area contributed by atoms with E-state index in [2.05, 4.69) is 4.98 Å². The van der Waals surface area contributed by atoms with Gasteiger partial charge in [-0.3, -0.25) is 4.98 Å². The van der Waals surface area contributed by atoms with Gasteiger partial charge in [0.05, 0.1) is 0 Å². The van der Waals surface area contributed by atoms with Crippen molar-refractivity contribution in [2.75, 3.05) is 5.88 Å². The van der Waals surface area contributed by atoms with E-state index in [-0.39, 0.29) is 0 Å². The van der Waals surface area contributed by atoms with Gasteiger partial charge in [-0.2, -0.15) is 0 Å². The van der Waals surface area contributed by atoms with Crippen LogP contribution in [0.3, 0.4) is 0 Å². The van der Waals surface area contributed by atoms with Gasteiger partial charge in [-0.1, -0.05) is 18.2 Å². The molecule has 58 valence electrons. The summed E-state index contributed by atoms with van der Waals surface area (Å²) >= 11 is 5.48. The van der Waals surface area contributed by atoms with Gasteiger partial charge in [-0.15, -0.1) is 11.6 Å². The molecule has 0 bridgehead atoms. The molecule has 2 heteroatoms. The molecule has 0 fully saturated rings. The van der Waals surface area contributed by atoms with Crippen LogP contribution in [-0.2, 0) is 0 Å². The van der Waals surface area contributed by atoms with Crippen LogP contribution in [0.4, 0.5) is 0 Å². The summed E-state index contributed by atoms with van der Waals surface area (Å²) in [7, 11) is 0. The molecule has 0 N–H and O–H groups in total. The number of nitrogens with zero attached hydrogens (tertiary/aromatic N) is 1. The minimum absolute atomic E-state index is 0.549. The summed E-state index contributed by atoms with van der Waals surface area (Å²) < 4.78 is 0. The number of aryl methyl sites for hydroxylation is 1. The topological polar surface area (TPSA) is 12.9 Å². The van der Waals surface area contributed by atoms with Crippen molar-refractivity contribution in [1.29, 1.82) is 0 Å². The van der Waals surface area contributed by atoms with Crippen molar-refractivity contribution in [2.24, 2.45) is 0 Å². The summed E-state index contributed by atoms with van der Waals surface area (Å²) in [6, 6.07) is 4.00. The van der Waals surface area contributed by atoms with Crippen LogP contribution >= 0.6 is 11.6 Å². The Kier molecular flexibility index (Phi) is 3.12. The molecule has 0 amide bonds. The number of rotatable bonds is 2. The van der Waals surface area contributed by atoms with Crippen LogP contribution in [0.2, 0.25) is 0 Å². The lowest BCUT2D eigenvalue weighted by atomic mass is 10.2. The Morgan fingerprint density at radius 3 is 2.91 bits per heavy atom. The number of alkyl halides is 1. The average Bonchev–Trinajstić information content (AvgIpc) is 2.04. The molecule has 11 heavy (non-hydrogen) atoms. The number of allylic oxidation sites excluding steroid dienone is 1. The Balaban J connectivity index is 2.73. The van der Waals surface area contributed by atoms with Crippen molar-refractivity contribution in [3.63, 3.8) is 0 Å². The first-order chi connectivity index (χ1) is 5.33. The highest BCUT2D eigenvalue weighted by atomic mass is 35.5. The van der Waals surface area contributed by atoms with Crippen molar-refractivity contribution in [3.05, 3.63) is 35.7 Å². The fourth-order valence-corrected chi connectivity index (χ4v) is 0.848. The van der Waals surface area contributed by atoms with Gasteiger partial charge in [0.25, 0.3) is 0 Å². The van der Waals surface area contributed by atoms with Crippen molar-refractivity contribution in [3.8, 4) is 0 Å². The SMILES string of the molecule is Cc1ccc(C=CCCl)cn1. The average molecular weight is 168 g/mol. The van der Waals surface area contributed by atoms with E-state index < -0.39 is 0 Å². The van der Waals surface area contributed by atoms with Crippen molar-refractivity contribution < 1.29 is 0 Å². The third-order valence-corrected chi connectivity index (χ3v) is 1.51. The molecule has 0 aliphatic carbocycles. The highest BCUT2D eigenvalue weighted by molar-refractivity contribution is 6.19. The smallest absolute Gasteiger partial charge is 0.0407 e. The molecule has 0 saturated heterocycles. The van der Waals surface area contributed by atoms with Crippen molar-refractivity contribution >= 4 is 17.7 Å². The van der Waals surface area contributed by atoms with Crippen molar-refractivity contribution in [2.45, 2.75) is 6.92 Å². The first-order valence-corrected chi connectivity index (χ1v) is 4.01. The van der Waals surface area contributed by atoms with E-state index in [9.17, 15) is 0 Å². The Hall–Kier alpha value is -0.820. The standard InChI is InChI=1S/C9H10ClN/c1-8-4-5-9(7-11-8)3-2-6-10/h2-5,7H,6H2,1H3. The highest BCUT2D eigenvalue weighted by Crippen LogP contribution is 2.01. The lowest BCUT2D eigenvalue weighted by Crippen LogP contribution is -1.79. The van der Waals surface area contributed by atoms with Gasteiger partial charge in [0.1, 0.15) is 0 Å². The number of aromatic nitrogens is 1. The molecule has 0 spiro atoms. The first kappa shape index (κ1) is 8.28. The predicted octanol–water partition coefficient (Wildman–Crippen LogP) is 2.64. The zero-order valence-electron chi connectivity index (χ0n) is 6.42. The van der Waals surface area contributed by atoms with Gasteiger partial charge >= 0.3 is 0 Å². The Bertz CT molecular complexity index is 238. The number of hydrogen-bond acceptors (Lipinski definition) is 1. The second-order valence-corrected chi connectivity index (χ2v) is 2.60. The lowest BCUT2D eigenvalue weighted by molar-refractivity contribution is 1.19. The summed E-state index contributed by atoms with van der Waals surface area (Å²) in [5.74, 6) is 0.549. The second-order valence-electron chi connectivity index (χ2n) is 2.29. The zero-order chi connectivity index (χ0) is 8.10. The van der Waals surface area contributed by atoms with Crippen LogP contribution < -0.4 is 0 Å². The van der Waals surface area contributed by atoms with E-state index in [1.807, 2.05) is 37.4 Å². The van der Waals surface area contributed by atoms with Crippen LogP contribution in [0.15, 0.2) is 24.4 Å². The minimum atomic E-state index is 0.549. The lowest BCUT2D eigenvalue weighted by Gasteiger charge is -1.92. The van der Waals surface area contributed by atoms with E-state index in [1.165, 1.54) is 0 Å². The fourth-order valence-electron chi connectivity index (χ4n) is 0.758. The molecule has 0 aliphatic heterocycles. The molecule has 1 rings (SSSR count). The largest absolute Gasteiger partial charge is 0.261 e.